The van der Waals surface area contributed by atoms with Crippen molar-refractivity contribution in [2.45, 2.75) is 37.6 Å². The molecule has 0 saturated heterocycles. The summed E-state index contributed by atoms with van der Waals surface area (Å²) in [5, 5.41) is 10.1. The SMILES string of the molecule is CC1(C)c2ccccc2N2C(=O)c3ccccc3C(C(=O)O)C21C. The van der Waals surface area contributed by atoms with E-state index in [1.807, 2.05) is 45.0 Å². The number of benzene rings is 2. The minimum absolute atomic E-state index is 0.122. The molecule has 1 N–H and O–H groups in total. The Morgan fingerprint density at radius 1 is 1.04 bits per heavy atom. The number of carboxylic acids is 1. The molecule has 0 fully saturated rings. The predicted octanol–water partition coefficient (Wildman–Crippen LogP) is 3.57. The molecule has 24 heavy (non-hydrogen) atoms. The van der Waals surface area contributed by atoms with E-state index in [1.54, 1.807) is 29.2 Å². The van der Waals surface area contributed by atoms with Crippen LogP contribution in [0.1, 0.15) is 48.2 Å². The molecule has 0 aliphatic carbocycles. The Kier molecular flexibility index (Phi) is 2.78. The molecule has 4 nitrogen and oxygen atoms in total. The average Bonchev–Trinajstić information content (AvgIpc) is 2.72. The van der Waals surface area contributed by atoms with E-state index in [0.717, 1.165) is 11.3 Å². The summed E-state index contributed by atoms with van der Waals surface area (Å²) in [5.74, 6) is -1.80. The third-order valence-corrected chi connectivity index (χ3v) is 6.06. The molecule has 0 aromatic heterocycles. The predicted molar refractivity (Wildman–Crippen MR) is 91.5 cm³/mol. The van der Waals surface area contributed by atoms with Crippen LogP contribution in [-0.2, 0) is 10.2 Å². The monoisotopic (exact) mass is 321 g/mol. The zero-order valence-corrected chi connectivity index (χ0v) is 13.9. The highest BCUT2D eigenvalue weighted by Gasteiger charge is 2.64. The van der Waals surface area contributed by atoms with Gasteiger partial charge < -0.3 is 10.0 Å². The van der Waals surface area contributed by atoms with E-state index in [2.05, 4.69) is 0 Å². The van der Waals surface area contributed by atoms with Gasteiger partial charge in [-0.1, -0.05) is 50.2 Å². The first-order valence-corrected chi connectivity index (χ1v) is 8.07. The van der Waals surface area contributed by atoms with Gasteiger partial charge in [0.2, 0.25) is 0 Å². The van der Waals surface area contributed by atoms with Gasteiger partial charge in [-0.25, -0.2) is 0 Å². The molecule has 0 bridgehead atoms. The molecule has 2 aromatic rings. The summed E-state index contributed by atoms with van der Waals surface area (Å²) in [6.45, 7) is 5.96. The lowest BCUT2D eigenvalue weighted by Crippen LogP contribution is -2.63. The third kappa shape index (κ3) is 1.49. The van der Waals surface area contributed by atoms with Crippen molar-refractivity contribution in [1.29, 1.82) is 0 Å². The van der Waals surface area contributed by atoms with Crippen molar-refractivity contribution < 1.29 is 14.7 Å². The quantitative estimate of drug-likeness (QED) is 0.873. The highest BCUT2D eigenvalue weighted by molar-refractivity contribution is 6.13. The van der Waals surface area contributed by atoms with Gasteiger partial charge in [-0.05, 0) is 30.2 Å². The number of anilines is 1. The van der Waals surface area contributed by atoms with Gasteiger partial charge in [0.05, 0.1) is 5.54 Å². The number of carbonyl (C=O) groups is 2. The lowest BCUT2D eigenvalue weighted by Gasteiger charge is -2.51. The van der Waals surface area contributed by atoms with E-state index in [1.165, 1.54) is 0 Å². The molecule has 0 spiro atoms. The van der Waals surface area contributed by atoms with Crippen molar-refractivity contribution in [3.8, 4) is 0 Å². The van der Waals surface area contributed by atoms with Crippen LogP contribution >= 0.6 is 0 Å². The van der Waals surface area contributed by atoms with Crippen LogP contribution < -0.4 is 4.90 Å². The van der Waals surface area contributed by atoms with Crippen LogP contribution in [0.5, 0.6) is 0 Å². The van der Waals surface area contributed by atoms with Crippen molar-refractivity contribution in [2.24, 2.45) is 0 Å². The van der Waals surface area contributed by atoms with Crippen molar-refractivity contribution in [1.82, 2.24) is 0 Å². The molecule has 0 radical (unpaired) electrons. The summed E-state index contributed by atoms with van der Waals surface area (Å²) < 4.78 is 0. The van der Waals surface area contributed by atoms with Crippen molar-refractivity contribution >= 4 is 17.6 Å². The summed E-state index contributed by atoms with van der Waals surface area (Å²) >= 11 is 0. The zero-order valence-electron chi connectivity index (χ0n) is 13.9. The van der Waals surface area contributed by atoms with Crippen molar-refractivity contribution in [2.75, 3.05) is 4.90 Å². The molecule has 4 rings (SSSR count). The van der Waals surface area contributed by atoms with Gasteiger partial charge in [-0.3, -0.25) is 9.59 Å². The Balaban J connectivity index is 2.11. The highest BCUT2D eigenvalue weighted by atomic mass is 16.4. The lowest BCUT2D eigenvalue weighted by molar-refractivity contribution is -0.141. The Labute approximate surface area is 140 Å². The lowest BCUT2D eigenvalue weighted by atomic mass is 9.61. The maximum absolute atomic E-state index is 13.3. The fourth-order valence-electron chi connectivity index (χ4n) is 4.55. The Morgan fingerprint density at radius 3 is 2.38 bits per heavy atom. The third-order valence-electron chi connectivity index (χ3n) is 6.06. The number of aliphatic carboxylic acids is 1. The molecule has 2 aliphatic rings. The van der Waals surface area contributed by atoms with Crippen molar-refractivity contribution in [3.63, 3.8) is 0 Å². The van der Waals surface area contributed by atoms with Crippen LogP contribution in [-0.4, -0.2) is 22.5 Å². The molecule has 0 saturated carbocycles. The number of fused-ring (bicyclic) bond motifs is 4. The normalized spacial score (nSPS) is 26.5. The number of amides is 1. The molecule has 2 aliphatic heterocycles. The van der Waals surface area contributed by atoms with Gasteiger partial charge in [-0.2, -0.15) is 0 Å². The fourth-order valence-corrected chi connectivity index (χ4v) is 4.55. The van der Waals surface area contributed by atoms with Gasteiger partial charge in [0.15, 0.2) is 0 Å². The number of carboxylic acid groups (broad SMARTS) is 1. The molecular formula is C20H19NO3. The molecule has 122 valence electrons. The van der Waals surface area contributed by atoms with Gasteiger partial charge in [0.25, 0.3) is 5.91 Å². The van der Waals surface area contributed by atoms with Crippen LogP contribution in [0.15, 0.2) is 48.5 Å². The Hall–Kier alpha value is -2.62. The Bertz CT molecular complexity index is 886. The smallest absolute Gasteiger partial charge is 0.313 e. The van der Waals surface area contributed by atoms with Gasteiger partial charge in [0.1, 0.15) is 5.92 Å². The summed E-state index contributed by atoms with van der Waals surface area (Å²) in [6.07, 6.45) is 0. The van der Waals surface area contributed by atoms with Crippen LogP contribution in [0.4, 0.5) is 5.69 Å². The van der Waals surface area contributed by atoms with E-state index >= 15 is 0 Å². The second-order valence-electron chi connectivity index (χ2n) is 7.29. The number of rotatable bonds is 1. The molecule has 1 amide bonds. The first-order valence-electron chi connectivity index (χ1n) is 8.07. The maximum atomic E-state index is 13.3. The maximum Gasteiger partial charge on any atom is 0.313 e. The molecule has 2 aromatic carbocycles. The summed E-state index contributed by atoms with van der Waals surface area (Å²) in [4.78, 5) is 27.2. The van der Waals surface area contributed by atoms with Crippen LogP contribution in [0.25, 0.3) is 0 Å². The van der Waals surface area contributed by atoms with E-state index in [0.29, 0.717) is 11.1 Å². The number of hydrogen-bond donors (Lipinski definition) is 1. The second-order valence-corrected chi connectivity index (χ2v) is 7.29. The highest BCUT2D eigenvalue weighted by Crippen LogP contribution is 2.59. The van der Waals surface area contributed by atoms with Gasteiger partial charge in [-0.15, -0.1) is 0 Å². The first-order chi connectivity index (χ1) is 11.3. The van der Waals surface area contributed by atoms with Crippen LogP contribution in [0.2, 0.25) is 0 Å². The number of para-hydroxylation sites is 1. The number of nitrogens with zero attached hydrogens (tertiary/aromatic N) is 1. The minimum Gasteiger partial charge on any atom is -0.481 e. The Morgan fingerprint density at radius 2 is 1.67 bits per heavy atom. The second kappa shape index (κ2) is 4.47. The summed E-state index contributed by atoms with van der Waals surface area (Å²) in [6, 6.07) is 14.8. The van der Waals surface area contributed by atoms with Crippen LogP contribution in [0.3, 0.4) is 0 Å². The van der Waals surface area contributed by atoms with E-state index in [9.17, 15) is 14.7 Å². The number of hydrogen-bond acceptors (Lipinski definition) is 2. The van der Waals surface area contributed by atoms with Gasteiger partial charge >= 0.3 is 5.97 Å². The topological polar surface area (TPSA) is 57.6 Å². The average molecular weight is 321 g/mol. The molecular weight excluding hydrogens is 302 g/mol. The molecule has 2 unspecified atom stereocenters. The molecule has 2 atom stereocenters. The standard InChI is InChI=1S/C20H19NO3/c1-19(2)14-10-6-7-11-15(14)21-17(22)13-9-5-4-8-12(13)16(18(23)24)20(19,21)3/h4-11,16H,1-3H3,(H,23,24). The van der Waals surface area contributed by atoms with E-state index < -0.39 is 22.8 Å². The van der Waals surface area contributed by atoms with Crippen LogP contribution in [0, 0.1) is 0 Å². The van der Waals surface area contributed by atoms with E-state index in [4.69, 9.17) is 0 Å². The summed E-state index contributed by atoms with van der Waals surface area (Å²) in [7, 11) is 0. The minimum atomic E-state index is -0.900. The summed E-state index contributed by atoms with van der Waals surface area (Å²) in [5.41, 5.74) is 1.56. The number of carbonyl (C=O) groups excluding carboxylic acids is 1. The zero-order chi connectivity index (χ0) is 17.3. The first kappa shape index (κ1) is 14.9. The van der Waals surface area contributed by atoms with E-state index in [-0.39, 0.29) is 5.91 Å². The molecule has 2 heterocycles. The largest absolute Gasteiger partial charge is 0.481 e. The van der Waals surface area contributed by atoms with Crippen molar-refractivity contribution in [3.05, 3.63) is 65.2 Å². The fraction of sp³-hybridized carbons (Fsp3) is 0.300. The molecule has 4 heteroatoms. The van der Waals surface area contributed by atoms with Gasteiger partial charge in [0, 0.05) is 16.7 Å².